The third-order valence-corrected chi connectivity index (χ3v) is 6.73. The van der Waals surface area contributed by atoms with Crippen LogP contribution < -0.4 is 5.32 Å². The molecule has 0 spiro atoms. The Morgan fingerprint density at radius 2 is 1.56 bits per heavy atom. The minimum Gasteiger partial charge on any atom is -0.353 e. The van der Waals surface area contributed by atoms with Crippen molar-refractivity contribution in [1.82, 2.24) is 15.1 Å². The van der Waals surface area contributed by atoms with Crippen LogP contribution in [0.2, 0.25) is 0 Å². The monoisotopic (exact) mass is 445 g/mol. The van der Waals surface area contributed by atoms with E-state index in [0.29, 0.717) is 12.6 Å². The number of carbonyl (C=O) groups excluding carboxylic acids is 1. The molecule has 1 saturated heterocycles. The lowest BCUT2D eigenvalue weighted by atomic mass is 9.96. The average molecular weight is 446 g/mol. The van der Waals surface area contributed by atoms with Crippen LogP contribution in [0.25, 0.3) is 6.08 Å². The maximum atomic E-state index is 12.0. The molecule has 0 aliphatic carbocycles. The molecular formula is C27H31N3OS. The molecule has 1 N–H and O–H groups in total. The number of carbonyl (C=O) groups is 1. The van der Waals surface area contributed by atoms with Crippen LogP contribution in [-0.4, -0.2) is 55.0 Å². The normalized spacial score (nSPS) is 15.4. The summed E-state index contributed by atoms with van der Waals surface area (Å²) in [5.74, 6) is -0.0169. The fourth-order valence-electron chi connectivity index (χ4n) is 4.25. The third kappa shape index (κ3) is 6.39. The Morgan fingerprint density at radius 1 is 0.906 bits per heavy atom. The molecule has 2 heterocycles. The molecule has 3 aromatic rings. The van der Waals surface area contributed by atoms with Gasteiger partial charge in [0.2, 0.25) is 5.91 Å². The lowest BCUT2D eigenvalue weighted by Crippen LogP contribution is -2.48. The van der Waals surface area contributed by atoms with Gasteiger partial charge in [-0.3, -0.25) is 9.69 Å². The number of nitrogens with zero attached hydrogens (tertiary/aromatic N) is 2. The summed E-state index contributed by atoms with van der Waals surface area (Å²) < 4.78 is 0. The highest BCUT2D eigenvalue weighted by Crippen LogP contribution is 2.29. The lowest BCUT2D eigenvalue weighted by Gasteiger charge is -2.39. The van der Waals surface area contributed by atoms with Crippen molar-refractivity contribution in [3.05, 3.63) is 100 Å². The van der Waals surface area contributed by atoms with Crippen LogP contribution >= 0.6 is 11.3 Å². The summed E-state index contributed by atoms with van der Waals surface area (Å²) >= 11 is 1.63. The van der Waals surface area contributed by atoms with Gasteiger partial charge in [0.05, 0.1) is 6.04 Å². The largest absolute Gasteiger partial charge is 0.353 e. The van der Waals surface area contributed by atoms with Crippen molar-refractivity contribution in [1.29, 1.82) is 0 Å². The van der Waals surface area contributed by atoms with Crippen molar-refractivity contribution in [3.63, 3.8) is 0 Å². The first-order valence-electron chi connectivity index (χ1n) is 11.4. The molecular weight excluding hydrogens is 414 g/mol. The quantitative estimate of drug-likeness (QED) is 0.384. The van der Waals surface area contributed by atoms with E-state index in [-0.39, 0.29) is 5.91 Å². The summed E-state index contributed by atoms with van der Waals surface area (Å²) in [6.07, 6.45) is 4.46. The summed E-state index contributed by atoms with van der Waals surface area (Å²) in [4.78, 5) is 18.2. The second-order valence-corrected chi connectivity index (χ2v) is 9.07. The van der Waals surface area contributed by atoms with Crippen LogP contribution in [0.4, 0.5) is 0 Å². The second-order valence-electron chi connectivity index (χ2n) is 8.09. The first kappa shape index (κ1) is 22.5. The zero-order chi connectivity index (χ0) is 22.0. The number of nitrogens with one attached hydrogen (secondary N) is 1. The highest BCUT2D eigenvalue weighted by Gasteiger charge is 2.26. The molecule has 1 amide bonds. The first-order chi connectivity index (χ1) is 15.8. The van der Waals surface area contributed by atoms with E-state index in [1.165, 1.54) is 11.1 Å². The van der Waals surface area contributed by atoms with Crippen molar-refractivity contribution in [3.8, 4) is 0 Å². The van der Waals surface area contributed by atoms with E-state index in [4.69, 9.17) is 0 Å². The molecule has 0 radical (unpaired) electrons. The molecule has 1 aromatic heterocycles. The molecule has 0 atom stereocenters. The van der Waals surface area contributed by atoms with Gasteiger partial charge in [-0.1, -0.05) is 66.7 Å². The standard InChI is InChI=1S/C27H31N3OS/c31-26(15-14-25-13-7-22-32-25)28-16-8-17-29-18-20-30(21-19-29)27(23-9-3-1-4-10-23)24-11-5-2-6-12-24/h1-7,9-15,22,27H,8,16-21H2,(H,28,31)/b15-14+. The summed E-state index contributed by atoms with van der Waals surface area (Å²) in [6, 6.07) is 25.9. The van der Waals surface area contributed by atoms with E-state index < -0.39 is 0 Å². The van der Waals surface area contributed by atoms with E-state index >= 15 is 0 Å². The van der Waals surface area contributed by atoms with Crippen LogP contribution in [0.3, 0.4) is 0 Å². The number of hydrogen-bond acceptors (Lipinski definition) is 4. The van der Waals surface area contributed by atoms with Crippen LogP contribution in [0, 0.1) is 0 Å². The van der Waals surface area contributed by atoms with Gasteiger partial charge in [0.1, 0.15) is 0 Å². The second kappa shape index (κ2) is 11.8. The highest BCUT2D eigenvalue weighted by molar-refractivity contribution is 7.10. The molecule has 1 aliphatic rings. The number of piperazine rings is 1. The van der Waals surface area contributed by atoms with Crippen molar-refractivity contribution >= 4 is 23.3 Å². The van der Waals surface area contributed by atoms with Crippen LogP contribution in [0.1, 0.15) is 28.5 Å². The number of amides is 1. The Labute approximate surface area is 195 Å². The van der Waals surface area contributed by atoms with Gasteiger partial charge >= 0.3 is 0 Å². The Balaban J connectivity index is 1.23. The lowest BCUT2D eigenvalue weighted by molar-refractivity contribution is -0.116. The zero-order valence-electron chi connectivity index (χ0n) is 18.4. The van der Waals surface area contributed by atoms with Gasteiger partial charge in [0.15, 0.2) is 0 Å². The van der Waals surface area contributed by atoms with E-state index in [2.05, 4.69) is 75.8 Å². The predicted molar refractivity (Wildman–Crippen MR) is 134 cm³/mol. The Kier molecular flexibility index (Phi) is 8.26. The maximum absolute atomic E-state index is 12.0. The molecule has 4 nitrogen and oxygen atoms in total. The van der Waals surface area contributed by atoms with Gasteiger partial charge < -0.3 is 10.2 Å². The predicted octanol–water partition coefficient (Wildman–Crippen LogP) is 4.67. The molecule has 166 valence electrons. The highest BCUT2D eigenvalue weighted by atomic mass is 32.1. The van der Waals surface area contributed by atoms with E-state index in [1.54, 1.807) is 17.4 Å². The van der Waals surface area contributed by atoms with Gasteiger partial charge in [0.25, 0.3) is 0 Å². The average Bonchev–Trinajstić information content (AvgIpc) is 3.37. The molecule has 0 bridgehead atoms. The number of rotatable bonds is 9. The molecule has 1 fully saturated rings. The van der Waals surface area contributed by atoms with Crippen LogP contribution in [-0.2, 0) is 4.79 Å². The molecule has 32 heavy (non-hydrogen) atoms. The Morgan fingerprint density at radius 3 is 2.16 bits per heavy atom. The molecule has 2 aromatic carbocycles. The number of hydrogen-bond donors (Lipinski definition) is 1. The van der Waals surface area contributed by atoms with E-state index in [9.17, 15) is 4.79 Å². The topological polar surface area (TPSA) is 35.6 Å². The molecule has 1 aliphatic heterocycles. The first-order valence-corrected chi connectivity index (χ1v) is 12.2. The SMILES string of the molecule is O=C(/C=C/c1cccs1)NCCCN1CCN(C(c2ccccc2)c2ccccc2)CC1. The molecule has 0 unspecified atom stereocenters. The minimum absolute atomic E-state index is 0.0169. The van der Waals surface area contributed by atoms with Crippen molar-refractivity contribution in [2.45, 2.75) is 12.5 Å². The number of thiophene rings is 1. The van der Waals surface area contributed by atoms with Gasteiger partial charge in [-0.15, -0.1) is 11.3 Å². The fourth-order valence-corrected chi connectivity index (χ4v) is 4.87. The zero-order valence-corrected chi connectivity index (χ0v) is 19.2. The summed E-state index contributed by atoms with van der Waals surface area (Å²) in [7, 11) is 0. The summed E-state index contributed by atoms with van der Waals surface area (Å²) in [5, 5.41) is 5.01. The molecule has 5 heteroatoms. The minimum atomic E-state index is -0.0169. The summed E-state index contributed by atoms with van der Waals surface area (Å²) in [6.45, 7) is 5.94. The summed E-state index contributed by atoms with van der Waals surface area (Å²) in [5.41, 5.74) is 2.70. The number of benzene rings is 2. The van der Waals surface area contributed by atoms with Crippen molar-refractivity contribution < 1.29 is 4.79 Å². The van der Waals surface area contributed by atoms with Gasteiger partial charge in [-0.2, -0.15) is 0 Å². The Hall–Kier alpha value is -2.73. The molecule has 0 saturated carbocycles. The third-order valence-electron chi connectivity index (χ3n) is 5.90. The van der Waals surface area contributed by atoms with Crippen LogP contribution in [0.15, 0.2) is 84.3 Å². The maximum Gasteiger partial charge on any atom is 0.244 e. The van der Waals surface area contributed by atoms with Gasteiger partial charge in [0, 0.05) is 43.7 Å². The van der Waals surface area contributed by atoms with Gasteiger partial charge in [-0.05, 0) is 41.6 Å². The Bertz CT molecular complexity index is 925. The fraction of sp³-hybridized carbons (Fsp3) is 0.296. The smallest absolute Gasteiger partial charge is 0.244 e. The van der Waals surface area contributed by atoms with Gasteiger partial charge in [-0.25, -0.2) is 0 Å². The molecule has 4 rings (SSSR count). The van der Waals surface area contributed by atoms with Crippen molar-refractivity contribution in [2.75, 3.05) is 39.3 Å². The van der Waals surface area contributed by atoms with Crippen LogP contribution in [0.5, 0.6) is 0 Å². The van der Waals surface area contributed by atoms with Crippen molar-refractivity contribution in [2.24, 2.45) is 0 Å². The van der Waals surface area contributed by atoms with E-state index in [0.717, 1.165) is 44.0 Å². The van der Waals surface area contributed by atoms with E-state index in [1.807, 2.05) is 23.6 Å².